The predicted octanol–water partition coefficient (Wildman–Crippen LogP) is 3.19. The van der Waals surface area contributed by atoms with Crippen LogP contribution in [0.5, 0.6) is 0 Å². The molecule has 0 spiro atoms. The molecule has 0 heterocycles. The fraction of sp³-hybridized carbons (Fsp3) is 0.0667. The van der Waals surface area contributed by atoms with E-state index in [4.69, 9.17) is 22.1 Å². The van der Waals surface area contributed by atoms with Crippen molar-refractivity contribution in [2.75, 3.05) is 5.32 Å². The maximum atomic E-state index is 11.9. The molecule has 0 aliphatic rings. The molecule has 3 N–H and O–H groups in total. The fourth-order valence-corrected chi connectivity index (χ4v) is 1.90. The minimum Gasteiger partial charge on any atom is -0.457 e. The number of anilines is 1. The van der Waals surface area contributed by atoms with Gasteiger partial charge in [-0.2, -0.15) is 0 Å². The molecule has 0 saturated carbocycles. The molecule has 6 heteroatoms. The van der Waals surface area contributed by atoms with Crippen molar-refractivity contribution < 1.29 is 14.3 Å². The van der Waals surface area contributed by atoms with Crippen LogP contribution in [0.4, 0.5) is 10.5 Å². The van der Waals surface area contributed by atoms with E-state index in [1.54, 1.807) is 42.5 Å². The average Bonchev–Trinajstić information content (AvgIpc) is 2.45. The number of nitrogens with two attached hydrogens (primary N) is 1. The molecule has 2 rings (SSSR count). The highest BCUT2D eigenvalue weighted by Gasteiger charge is 2.08. The monoisotopic (exact) mass is 304 g/mol. The first-order chi connectivity index (χ1) is 10.0. The van der Waals surface area contributed by atoms with Gasteiger partial charge in [0.2, 0.25) is 0 Å². The third-order valence-corrected chi connectivity index (χ3v) is 2.88. The fourth-order valence-electron chi connectivity index (χ4n) is 1.69. The Labute approximate surface area is 126 Å². The number of rotatable bonds is 4. The van der Waals surface area contributed by atoms with Crippen LogP contribution < -0.4 is 11.1 Å². The van der Waals surface area contributed by atoms with Gasteiger partial charge in [0.1, 0.15) is 6.61 Å². The van der Waals surface area contributed by atoms with E-state index in [0.29, 0.717) is 16.3 Å². The van der Waals surface area contributed by atoms with E-state index in [1.807, 2.05) is 6.07 Å². The van der Waals surface area contributed by atoms with Crippen LogP contribution in [0.15, 0.2) is 48.5 Å². The van der Waals surface area contributed by atoms with E-state index in [2.05, 4.69) is 5.32 Å². The van der Waals surface area contributed by atoms with E-state index in [1.165, 1.54) is 0 Å². The zero-order valence-electron chi connectivity index (χ0n) is 11.0. The maximum Gasteiger partial charge on any atom is 0.338 e. The molecule has 0 aliphatic carbocycles. The first kappa shape index (κ1) is 14.9. The molecule has 2 aromatic rings. The van der Waals surface area contributed by atoms with Crippen LogP contribution in [0.1, 0.15) is 15.9 Å². The maximum absolute atomic E-state index is 11.9. The third kappa shape index (κ3) is 4.50. The summed E-state index contributed by atoms with van der Waals surface area (Å²) >= 11 is 5.85. The summed E-state index contributed by atoms with van der Waals surface area (Å²) in [7, 11) is 0. The van der Waals surface area contributed by atoms with E-state index in [0.717, 1.165) is 5.56 Å². The summed E-state index contributed by atoms with van der Waals surface area (Å²) in [5, 5.41) is 3.00. The molecule has 108 valence electrons. The number of hydrogen-bond acceptors (Lipinski definition) is 3. The Kier molecular flexibility index (Phi) is 4.79. The lowest BCUT2D eigenvalue weighted by molar-refractivity contribution is 0.0472. The minimum atomic E-state index is -0.661. The van der Waals surface area contributed by atoms with E-state index in [-0.39, 0.29) is 6.61 Å². The van der Waals surface area contributed by atoms with Gasteiger partial charge < -0.3 is 15.8 Å². The Bertz CT molecular complexity index is 656. The topological polar surface area (TPSA) is 81.4 Å². The van der Waals surface area contributed by atoms with Gasteiger partial charge in [-0.3, -0.25) is 0 Å². The highest BCUT2D eigenvalue weighted by atomic mass is 35.5. The quantitative estimate of drug-likeness (QED) is 0.851. The van der Waals surface area contributed by atoms with Crippen LogP contribution in [0.2, 0.25) is 5.02 Å². The molecule has 0 aliphatic heterocycles. The van der Waals surface area contributed by atoms with Crippen LogP contribution >= 0.6 is 11.6 Å². The Morgan fingerprint density at radius 2 is 1.86 bits per heavy atom. The number of carbonyl (C=O) groups excluding carboxylic acids is 2. The normalized spacial score (nSPS) is 9.95. The second-order valence-corrected chi connectivity index (χ2v) is 4.71. The van der Waals surface area contributed by atoms with Crippen molar-refractivity contribution in [3.05, 3.63) is 64.7 Å². The number of nitrogens with one attached hydrogen (secondary N) is 1. The van der Waals surface area contributed by atoms with Crippen molar-refractivity contribution in [1.29, 1.82) is 0 Å². The van der Waals surface area contributed by atoms with Crippen LogP contribution in [0.25, 0.3) is 0 Å². The molecule has 0 saturated heterocycles. The lowest BCUT2D eigenvalue weighted by Crippen LogP contribution is -2.19. The van der Waals surface area contributed by atoms with Gasteiger partial charge in [0.05, 0.1) is 5.56 Å². The predicted molar refractivity (Wildman–Crippen MR) is 80.2 cm³/mol. The molecule has 0 atom stereocenters. The highest BCUT2D eigenvalue weighted by Crippen LogP contribution is 2.14. The van der Waals surface area contributed by atoms with Crippen molar-refractivity contribution in [2.24, 2.45) is 5.73 Å². The number of amides is 2. The van der Waals surface area contributed by atoms with Gasteiger partial charge in [-0.25, -0.2) is 9.59 Å². The summed E-state index contributed by atoms with van der Waals surface area (Å²) in [5.74, 6) is -0.458. The van der Waals surface area contributed by atoms with Gasteiger partial charge in [0.15, 0.2) is 0 Å². The van der Waals surface area contributed by atoms with Gasteiger partial charge in [-0.1, -0.05) is 23.7 Å². The third-order valence-electron chi connectivity index (χ3n) is 2.65. The SMILES string of the molecule is NC(=O)Nc1ccc(C(=O)OCc2cccc(Cl)c2)cc1. The van der Waals surface area contributed by atoms with Crippen LogP contribution in [0, 0.1) is 0 Å². The molecule has 21 heavy (non-hydrogen) atoms. The van der Waals surface area contributed by atoms with E-state index < -0.39 is 12.0 Å². The van der Waals surface area contributed by atoms with Gasteiger partial charge in [-0.15, -0.1) is 0 Å². The second kappa shape index (κ2) is 6.76. The summed E-state index contributed by atoms with van der Waals surface area (Å²) < 4.78 is 5.18. The number of primary amides is 1. The number of carbonyl (C=O) groups is 2. The van der Waals surface area contributed by atoms with Gasteiger partial charge in [0, 0.05) is 10.7 Å². The lowest BCUT2D eigenvalue weighted by atomic mass is 10.2. The second-order valence-electron chi connectivity index (χ2n) is 4.27. The average molecular weight is 305 g/mol. The molecule has 0 aromatic heterocycles. The molecule has 0 radical (unpaired) electrons. The van der Waals surface area contributed by atoms with Crippen LogP contribution in [-0.4, -0.2) is 12.0 Å². The molecule has 5 nitrogen and oxygen atoms in total. The largest absolute Gasteiger partial charge is 0.457 e. The summed E-state index contributed by atoms with van der Waals surface area (Å²) in [5.41, 5.74) is 6.69. The van der Waals surface area contributed by atoms with E-state index >= 15 is 0 Å². The Balaban J connectivity index is 1.95. The molecule has 0 fully saturated rings. The van der Waals surface area contributed by atoms with Crippen molar-refractivity contribution in [1.82, 2.24) is 0 Å². The number of halogens is 1. The summed E-state index contributed by atoms with van der Waals surface area (Å²) in [6, 6.07) is 12.7. The van der Waals surface area contributed by atoms with Crippen LogP contribution in [-0.2, 0) is 11.3 Å². The Morgan fingerprint density at radius 3 is 2.48 bits per heavy atom. The minimum absolute atomic E-state index is 0.140. The first-order valence-corrected chi connectivity index (χ1v) is 6.50. The van der Waals surface area contributed by atoms with Crippen molar-refractivity contribution in [3.63, 3.8) is 0 Å². The highest BCUT2D eigenvalue weighted by molar-refractivity contribution is 6.30. The summed E-state index contributed by atoms with van der Waals surface area (Å²) in [6.07, 6.45) is 0. The zero-order chi connectivity index (χ0) is 15.2. The van der Waals surface area contributed by atoms with E-state index in [9.17, 15) is 9.59 Å². The molecular weight excluding hydrogens is 292 g/mol. The molecule has 2 aromatic carbocycles. The number of urea groups is 1. The van der Waals surface area contributed by atoms with Crippen LogP contribution in [0.3, 0.4) is 0 Å². The van der Waals surface area contributed by atoms with Gasteiger partial charge >= 0.3 is 12.0 Å². The number of hydrogen-bond donors (Lipinski definition) is 2. The standard InChI is InChI=1S/C15H13ClN2O3/c16-12-3-1-2-10(8-12)9-21-14(19)11-4-6-13(7-5-11)18-15(17)20/h1-8H,9H2,(H3,17,18,20). The number of esters is 1. The molecular formula is C15H13ClN2O3. The Hall–Kier alpha value is -2.53. The van der Waals surface area contributed by atoms with Crippen molar-refractivity contribution in [3.8, 4) is 0 Å². The van der Waals surface area contributed by atoms with Crippen molar-refractivity contribution >= 4 is 29.3 Å². The van der Waals surface area contributed by atoms with Gasteiger partial charge in [-0.05, 0) is 42.0 Å². The van der Waals surface area contributed by atoms with Crippen molar-refractivity contribution in [2.45, 2.75) is 6.61 Å². The lowest BCUT2D eigenvalue weighted by Gasteiger charge is -2.06. The number of benzene rings is 2. The summed E-state index contributed by atoms with van der Waals surface area (Å²) in [6.45, 7) is 0.140. The smallest absolute Gasteiger partial charge is 0.338 e. The molecule has 0 bridgehead atoms. The number of ether oxygens (including phenoxy) is 1. The van der Waals surface area contributed by atoms with Gasteiger partial charge in [0.25, 0.3) is 0 Å². The summed E-state index contributed by atoms with van der Waals surface area (Å²) in [4.78, 5) is 22.6. The molecule has 0 unspecified atom stereocenters. The Morgan fingerprint density at radius 1 is 1.14 bits per heavy atom. The zero-order valence-corrected chi connectivity index (χ0v) is 11.8. The first-order valence-electron chi connectivity index (χ1n) is 6.12. The molecule has 2 amide bonds.